The molecular weight excluding hydrogens is 220 g/mol. The number of hydrogen-bond acceptors (Lipinski definition) is 1. The first-order chi connectivity index (χ1) is 8.77. The molecule has 0 fully saturated rings. The minimum atomic E-state index is 0.0289. The van der Waals surface area contributed by atoms with E-state index in [1.165, 1.54) is 5.56 Å². The number of hydrogen-bond donors (Lipinski definition) is 0. The van der Waals surface area contributed by atoms with Gasteiger partial charge in [-0.3, -0.25) is 0 Å². The van der Waals surface area contributed by atoms with Crippen LogP contribution in [-0.4, -0.2) is 6.29 Å². The van der Waals surface area contributed by atoms with Crippen LogP contribution in [0, 0.1) is 0 Å². The Labute approximate surface area is 109 Å². The Hall–Kier alpha value is -2.15. The molecule has 0 saturated carbocycles. The summed E-state index contributed by atoms with van der Waals surface area (Å²) in [5, 5.41) is 0. The lowest BCUT2D eigenvalue weighted by atomic mass is 10.0. The average Bonchev–Trinajstić information content (AvgIpc) is 2.49. The Morgan fingerprint density at radius 1 is 0.944 bits per heavy atom. The molecule has 0 saturated heterocycles. The lowest BCUT2D eigenvalue weighted by molar-refractivity contribution is -0.108. The molecule has 1 nitrogen and oxygen atoms in total. The maximum atomic E-state index is 10.3. The van der Waals surface area contributed by atoms with E-state index in [4.69, 9.17) is 0 Å². The van der Waals surface area contributed by atoms with Gasteiger partial charge >= 0.3 is 0 Å². The van der Waals surface area contributed by atoms with Crippen LogP contribution < -0.4 is 0 Å². The van der Waals surface area contributed by atoms with Crippen molar-refractivity contribution in [2.45, 2.75) is 12.8 Å². The third-order valence-corrected chi connectivity index (χ3v) is 2.56. The normalized spacial score (nSPS) is 10.7. The summed E-state index contributed by atoms with van der Waals surface area (Å²) in [5.74, 6) is 0.0289. The summed E-state index contributed by atoms with van der Waals surface area (Å²) in [6.45, 7) is 5.52. The van der Waals surface area contributed by atoms with Gasteiger partial charge in [0.25, 0.3) is 0 Å². The zero-order valence-electron chi connectivity index (χ0n) is 10.6. The lowest BCUT2D eigenvalue weighted by Crippen LogP contribution is -1.92. The van der Waals surface area contributed by atoms with E-state index in [2.05, 4.69) is 6.58 Å². The van der Waals surface area contributed by atoms with Crippen molar-refractivity contribution < 1.29 is 4.79 Å². The van der Waals surface area contributed by atoms with E-state index < -0.39 is 0 Å². The molecule has 0 heterocycles. The summed E-state index contributed by atoms with van der Waals surface area (Å²) in [5.41, 5.74) is 2.25. The van der Waals surface area contributed by atoms with Crippen LogP contribution in [0.15, 0.2) is 67.2 Å². The minimum Gasteiger partial charge on any atom is -0.303 e. The third-order valence-electron chi connectivity index (χ3n) is 2.56. The number of aldehydes is 1. The topological polar surface area (TPSA) is 17.1 Å². The predicted octanol–water partition coefficient (Wildman–Crippen LogP) is 4.32. The van der Waals surface area contributed by atoms with Gasteiger partial charge in [0, 0.05) is 5.92 Å². The first-order valence-corrected chi connectivity index (χ1v) is 5.95. The van der Waals surface area contributed by atoms with Gasteiger partial charge in [-0.05, 0) is 11.1 Å². The molecule has 0 aromatic heterocycles. The molecule has 0 aliphatic carbocycles. The quantitative estimate of drug-likeness (QED) is 0.728. The fourth-order valence-electron chi connectivity index (χ4n) is 1.42. The van der Waals surface area contributed by atoms with E-state index >= 15 is 0 Å². The number of benzene rings is 2. The molecule has 0 aliphatic rings. The SMILES string of the molecule is C=Cc1ccccc1.CC(C=O)c1ccccc1. The van der Waals surface area contributed by atoms with Crippen molar-refractivity contribution in [3.05, 3.63) is 78.4 Å². The highest BCUT2D eigenvalue weighted by Crippen LogP contribution is 2.10. The molecule has 0 amide bonds. The van der Waals surface area contributed by atoms with E-state index in [0.717, 1.165) is 11.8 Å². The van der Waals surface area contributed by atoms with E-state index in [1.54, 1.807) is 0 Å². The molecule has 2 aromatic rings. The zero-order valence-corrected chi connectivity index (χ0v) is 10.6. The molecule has 0 bridgehead atoms. The predicted molar refractivity (Wildman–Crippen MR) is 77.5 cm³/mol. The van der Waals surface area contributed by atoms with Crippen LogP contribution in [0.2, 0.25) is 0 Å². The number of carbonyl (C=O) groups excluding carboxylic acids is 1. The number of rotatable bonds is 3. The van der Waals surface area contributed by atoms with Crippen LogP contribution in [0.25, 0.3) is 6.08 Å². The molecular formula is C17H18O. The van der Waals surface area contributed by atoms with Crippen molar-refractivity contribution >= 4 is 12.4 Å². The third kappa shape index (κ3) is 4.79. The molecule has 0 aliphatic heterocycles. The largest absolute Gasteiger partial charge is 0.303 e. The van der Waals surface area contributed by atoms with E-state index in [1.807, 2.05) is 73.7 Å². The summed E-state index contributed by atoms with van der Waals surface area (Å²) in [6, 6.07) is 19.8. The van der Waals surface area contributed by atoms with Crippen molar-refractivity contribution in [3.8, 4) is 0 Å². The lowest BCUT2D eigenvalue weighted by Gasteiger charge is -2.00. The second kappa shape index (κ2) is 8.02. The Kier molecular flexibility index (Phi) is 6.20. The first-order valence-electron chi connectivity index (χ1n) is 5.95. The molecule has 1 heteroatoms. The van der Waals surface area contributed by atoms with E-state index in [9.17, 15) is 4.79 Å². The second-order valence-electron chi connectivity index (χ2n) is 3.95. The zero-order chi connectivity index (χ0) is 13.2. The van der Waals surface area contributed by atoms with Gasteiger partial charge in [-0.15, -0.1) is 0 Å². The molecule has 92 valence electrons. The summed E-state index contributed by atoms with van der Waals surface area (Å²) < 4.78 is 0. The summed E-state index contributed by atoms with van der Waals surface area (Å²) >= 11 is 0. The van der Waals surface area contributed by atoms with Gasteiger partial charge in [0.15, 0.2) is 0 Å². The van der Waals surface area contributed by atoms with Crippen molar-refractivity contribution in [1.29, 1.82) is 0 Å². The van der Waals surface area contributed by atoms with Crippen LogP contribution in [0.3, 0.4) is 0 Å². The first kappa shape index (κ1) is 13.9. The molecule has 0 spiro atoms. The highest BCUT2D eigenvalue weighted by molar-refractivity contribution is 5.61. The standard InChI is InChI=1S/C9H10O.C8H8/c1-8(7-10)9-5-3-2-4-6-9;1-2-8-6-4-3-5-7-8/h2-8H,1H3;2-7H,1H2. The van der Waals surface area contributed by atoms with Crippen molar-refractivity contribution in [1.82, 2.24) is 0 Å². The summed E-state index contributed by atoms with van der Waals surface area (Å²) in [7, 11) is 0. The molecule has 0 radical (unpaired) electrons. The highest BCUT2D eigenvalue weighted by Gasteiger charge is 1.99. The van der Waals surface area contributed by atoms with Crippen molar-refractivity contribution in [2.24, 2.45) is 0 Å². The Morgan fingerprint density at radius 3 is 1.83 bits per heavy atom. The minimum absolute atomic E-state index is 0.0289. The van der Waals surface area contributed by atoms with Gasteiger partial charge in [-0.25, -0.2) is 0 Å². The van der Waals surface area contributed by atoms with Crippen LogP contribution in [0.5, 0.6) is 0 Å². The molecule has 1 atom stereocenters. The molecule has 0 N–H and O–H groups in total. The second-order valence-corrected chi connectivity index (χ2v) is 3.95. The molecule has 2 aromatic carbocycles. The summed E-state index contributed by atoms with van der Waals surface area (Å²) in [4.78, 5) is 10.3. The monoisotopic (exact) mass is 238 g/mol. The Balaban J connectivity index is 0.000000184. The maximum Gasteiger partial charge on any atom is 0.127 e. The fraction of sp³-hybridized carbons (Fsp3) is 0.118. The van der Waals surface area contributed by atoms with Gasteiger partial charge in [0.1, 0.15) is 6.29 Å². The van der Waals surface area contributed by atoms with Gasteiger partial charge in [-0.2, -0.15) is 0 Å². The van der Waals surface area contributed by atoms with Gasteiger partial charge in [-0.1, -0.05) is 80.2 Å². The Morgan fingerprint density at radius 2 is 1.44 bits per heavy atom. The smallest absolute Gasteiger partial charge is 0.127 e. The Bertz CT molecular complexity index is 459. The average molecular weight is 238 g/mol. The van der Waals surface area contributed by atoms with Crippen LogP contribution in [-0.2, 0) is 4.79 Å². The fourth-order valence-corrected chi connectivity index (χ4v) is 1.42. The molecule has 1 unspecified atom stereocenters. The van der Waals surface area contributed by atoms with Crippen LogP contribution in [0.4, 0.5) is 0 Å². The number of carbonyl (C=O) groups is 1. The van der Waals surface area contributed by atoms with Crippen LogP contribution >= 0.6 is 0 Å². The van der Waals surface area contributed by atoms with Gasteiger partial charge in [0.05, 0.1) is 0 Å². The molecule has 2 rings (SSSR count). The van der Waals surface area contributed by atoms with Crippen LogP contribution in [0.1, 0.15) is 24.0 Å². The van der Waals surface area contributed by atoms with E-state index in [-0.39, 0.29) is 5.92 Å². The molecule has 18 heavy (non-hydrogen) atoms. The maximum absolute atomic E-state index is 10.3. The van der Waals surface area contributed by atoms with E-state index in [0.29, 0.717) is 0 Å². The van der Waals surface area contributed by atoms with Crippen molar-refractivity contribution in [3.63, 3.8) is 0 Å². The highest BCUT2D eigenvalue weighted by atomic mass is 16.1. The van der Waals surface area contributed by atoms with Crippen molar-refractivity contribution in [2.75, 3.05) is 0 Å². The summed E-state index contributed by atoms with van der Waals surface area (Å²) in [6.07, 6.45) is 2.79. The van der Waals surface area contributed by atoms with Gasteiger partial charge < -0.3 is 4.79 Å². The van der Waals surface area contributed by atoms with Gasteiger partial charge in [0.2, 0.25) is 0 Å².